The molecule has 0 saturated carbocycles. The molecule has 21 heavy (non-hydrogen) atoms. The Morgan fingerprint density at radius 1 is 1.38 bits per heavy atom. The molecule has 2 heterocycles. The van der Waals surface area contributed by atoms with Gasteiger partial charge in [0.05, 0.1) is 17.1 Å². The van der Waals surface area contributed by atoms with Crippen molar-refractivity contribution in [3.05, 3.63) is 15.8 Å². The lowest BCUT2D eigenvalue weighted by atomic mass is 10.3. The SMILES string of the molecule is CCNCc1cc(S(=O)(=O)N2CC(C)OC(C)C2)c(C)s1. The average Bonchev–Trinajstić information content (AvgIpc) is 2.77. The van der Waals surface area contributed by atoms with E-state index in [0.29, 0.717) is 24.5 Å². The van der Waals surface area contributed by atoms with Gasteiger partial charge in [0.15, 0.2) is 0 Å². The molecule has 1 N–H and O–H groups in total. The topological polar surface area (TPSA) is 58.6 Å². The van der Waals surface area contributed by atoms with E-state index in [9.17, 15) is 8.42 Å². The summed E-state index contributed by atoms with van der Waals surface area (Å²) in [6.45, 7) is 10.2. The van der Waals surface area contributed by atoms with E-state index in [2.05, 4.69) is 5.32 Å². The fourth-order valence-corrected chi connectivity index (χ4v) is 5.75. The van der Waals surface area contributed by atoms with Crippen LogP contribution in [0.2, 0.25) is 0 Å². The first-order valence-corrected chi connectivity index (χ1v) is 9.56. The maximum absolute atomic E-state index is 12.8. The number of nitrogens with zero attached hydrogens (tertiary/aromatic N) is 1. The van der Waals surface area contributed by atoms with Crippen molar-refractivity contribution < 1.29 is 13.2 Å². The van der Waals surface area contributed by atoms with Gasteiger partial charge in [0.2, 0.25) is 10.0 Å². The van der Waals surface area contributed by atoms with Crippen molar-refractivity contribution >= 4 is 21.4 Å². The number of hydrogen-bond donors (Lipinski definition) is 1. The molecule has 1 aliphatic rings. The fraction of sp³-hybridized carbons (Fsp3) is 0.714. The second-order valence-corrected chi connectivity index (χ2v) is 8.74. The molecule has 1 fully saturated rings. The summed E-state index contributed by atoms with van der Waals surface area (Å²) in [4.78, 5) is 2.36. The highest BCUT2D eigenvalue weighted by molar-refractivity contribution is 7.89. The quantitative estimate of drug-likeness (QED) is 0.895. The Hall–Kier alpha value is -0.470. The Kier molecular flexibility index (Phi) is 5.43. The van der Waals surface area contributed by atoms with Crippen LogP contribution in [0.5, 0.6) is 0 Å². The lowest BCUT2D eigenvalue weighted by Crippen LogP contribution is -2.48. The van der Waals surface area contributed by atoms with Crippen molar-refractivity contribution in [3.8, 4) is 0 Å². The van der Waals surface area contributed by atoms with Gasteiger partial charge in [0.1, 0.15) is 0 Å². The van der Waals surface area contributed by atoms with Crippen LogP contribution in [0.25, 0.3) is 0 Å². The molecule has 7 heteroatoms. The third kappa shape index (κ3) is 3.84. The van der Waals surface area contributed by atoms with Gasteiger partial charge >= 0.3 is 0 Å². The molecular formula is C14H24N2O3S2. The molecule has 0 amide bonds. The number of morpholine rings is 1. The Labute approximate surface area is 131 Å². The molecule has 0 bridgehead atoms. The van der Waals surface area contributed by atoms with Crippen LogP contribution in [0, 0.1) is 6.92 Å². The number of sulfonamides is 1. The van der Waals surface area contributed by atoms with Gasteiger partial charge in [-0.1, -0.05) is 6.92 Å². The Morgan fingerprint density at radius 3 is 2.57 bits per heavy atom. The number of ether oxygens (including phenoxy) is 1. The third-order valence-electron chi connectivity index (χ3n) is 3.48. The highest BCUT2D eigenvalue weighted by Gasteiger charge is 2.33. The normalized spacial score (nSPS) is 24.4. The van der Waals surface area contributed by atoms with E-state index >= 15 is 0 Å². The van der Waals surface area contributed by atoms with Gasteiger partial charge in [-0.15, -0.1) is 11.3 Å². The zero-order valence-corrected chi connectivity index (χ0v) is 14.7. The predicted octanol–water partition coefficient (Wildman–Crippen LogP) is 1.96. The number of nitrogens with one attached hydrogen (secondary N) is 1. The monoisotopic (exact) mass is 332 g/mol. The predicted molar refractivity (Wildman–Crippen MR) is 85.2 cm³/mol. The second kappa shape index (κ2) is 6.75. The van der Waals surface area contributed by atoms with Gasteiger partial charge in [-0.2, -0.15) is 4.31 Å². The van der Waals surface area contributed by atoms with Crippen LogP contribution in [-0.2, 0) is 21.3 Å². The minimum atomic E-state index is -3.43. The van der Waals surface area contributed by atoms with Crippen molar-refractivity contribution in [2.75, 3.05) is 19.6 Å². The lowest BCUT2D eigenvalue weighted by molar-refractivity contribution is -0.0440. The van der Waals surface area contributed by atoms with Gasteiger partial charge in [-0.05, 0) is 33.4 Å². The number of aryl methyl sites for hydroxylation is 1. The minimum absolute atomic E-state index is 0.0660. The minimum Gasteiger partial charge on any atom is -0.373 e. The van der Waals surface area contributed by atoms with Crippen molar-refractivity contribution in [2.45, 2.75) is 51.3 Å². The second-order valence-electron chi connectivity index (χ2n) is 5.49. The first-order chi connectivity index (χ1) is 9.84. The van der Waals surface area contributed by atoms with Crippen LogP contribution < -0.4 is 5.32 Å². The molecule has 120 valence electrons. The smallest absolute Gasteiger partial charge is 0.244 e. The zero-order valence-electron chi connectivity index (χ0n) is 13.0. The summed E-state index contributed by atoms with van der Waals surface area (Å²) in [5, 5.41) is 3.23. The van der Waals surface area contributed by atoms with Crippen LogP contribution in [0.3, 0.4) is 0 Å². The van der Waals surface area contributed by atoms with Gasteiger partial charge in [0, 0.05) is 29.4 Å². The summed E-state index contributed by atoms with van der Waals surface area (Å²) in [6, 6.07) is 1.81. The molecule has 0 radical (unpaired) electrons. The summed E-state index contributed by atoms with van der Waals surface area (Å²) in [6.07, 6.45) is -0.132. The molecule has 1 saturated heterocycles. The summed E-state index contributed by atoms with van der Waals surface area (Å²) in [5.74, 6) is 0. The van der Waals surface area contributed by atoms with Gasteiger partial charge in [0.25, 0.3) is 0 Å². The Balaban J connectivity index is 2.24. The number of rotatable bonds is 5. The van der Waals surface area contributed by atoms with E-state index in [1.54, 1.807) is 15.6 Å². The lowest BCUT2D eigenvalue weighted by Gasteiger charge is -2.34. The van der Waals surface area contributed by atoms with E-state index in [0.717, 1.165) is 16.3 Å². The fourth-order valence-electron chi connectivity index (χ4n) is 2.58. The largest absolute Gasteiger partial charge is 0.373 e. The maximum Gasteiger partial charge on any atom is 0.244 e. The molecule has 5 nitrogen and oxygen atoms in total. The van der Waals surface area contributed by atoms with Crippen LogP contribution in [-0.4, -0.2) is 44.6 Å². The number of thiophene rings is 1. The molecule has 1 aliphatic heterocycles. The molecule has 1 aromatic heterocycles. The van der Waals surface area contributed by atoms with E-state index in [1.807, 2.05) is 33.8 Å². The molecule has 0 aliphatic carbocycles. The Morgan fingerprint density at radius 2 is 2.00 bits per heavy atom. The van der Waals surface area contributed by atoms with E-state index in [4.69, 9.17) is 4.74 Å². The molecule has 2 unspecified atom stereocenters. The maximum atomic E-state index is 12.8. The summed E-state index contributed by atoms with van der Waals surface area (Å²) < 4.78 is 32.9. The third-order valence-corrected chi connectivity index (χ3v) is 6.61. The summed E-state index contributed by atoms with van der Waals surface area (Å²) in [7, 11) is -3.43. The van der Waals surface area contributed by atoms with Gasteiger partial charge in [-0.25, -0.2) is 8.42 Å². The highest BCUT2D eigenvalue weighted by atomic mass is 32.2. The first kappa shape index (κ1) is 16.9. The van der Waals surface area contributed by atoms with Gasteiger partial charge < -0.3 is 10.1 Å². The molecule has 0 aromatic carbocycles. The van der Waals surface area contributed by atoms with Crippen molar-refractivity contribution in [1.29, 1.82) is 0 Å². The zero-order chi connectivity index (χ0) is 15.6. The molecule has 0 spiro atoms. The van der Waals surface area contributed by atoms with Crippen LogP contribution in [0.4, 0.5) is 0 Å². The van der Waals surface area contributed by atoms with Crippen LogP contribution in [0.15, 0.2) is 11.0 Å². The van der Waals surface area contributed by atoms with Crippen LogP contribution in [0.1, 0.15) is 30.5 Å². The highest BCUT2D eigenvalue weighted by Crippen LogP contribution is 2.29. The van der Waals surface area contributed by atoms with Crippen molar-refractivity contribution in [1.82, 2.24) is 9.62 Å². The summed E-state index contributed by atoms with van der Waals surface area (Å²) in [5.41, 5.74) is 0. The van der Waals surface area contributed by atoms with E-state index in [-0.39, 0.29) is 12.2 Å². The van der Waals surface area contributed by atoms with E-state index < -0.39 is 10.0 Å². The standard InChI is InChI=1S/C14H24N2O3S2/c1-5-15-7-13-6-14(12(4)20-13)21(17,18)16-8-10(2)19-11(3)9-16/h6,10-11,15H,5,7-9H2,1-4H3. The average molecular weight is 332 g/mol. The van der Waals surface area contributed by atoms with Crippen molar-refractivity contribution in [3.63, 3.8) is 0 Å². The van der Waals surface area contributed by atoms with Crippen molar-refractivity contribution in [2.24, 2.45) is 0 Å². The molecule has 2 rings (SSSR count). The number of hydrogen-bond acceptors (Lipinski definition) is 5. The Bertz CT molecular complexity index is 573. The van der Waals surface area contributed by atoms with Gasteiger partial charge in [-0.3, -0.25) is 0 Å². The van der Waals surface area contributed by atoms with E-state index in [1.165, 1.54) is 0 Å². The molecule has 2 atom stereocenters. The first-order valence-electron chi connectivity index (χ1n) is 7.30. The van der Waals surface area contributed by atoms with Crippen LogP contribution >= 0.6 is 11.3 Å². The summed E-state index contributed by atoms with van der Waals surface area (Å²) >= 11 is 1.55. The molecule has 1 aromatic rings. The molecular weight excluding hydrogens is 308 g/mol.